The molecular weight excluding hydrogens is 347 g/mol. The van der Waals surface area contributed by atoms with Gasteiger partial charge in [-0.1, -0.05) is 6.07 Å². The van der Waals surface area contributed by atoms with Crippen LogP contribution in [0.5, 0.6) is 0 Å². The molecule has 1 N–H and O–H groups in total. The van der Waals surface area contributed by atoms with Crippen molar-refractivity contribution in [3.63, 3.8) is 0 Å². The molecule has 1 saturated heterocycles. The highest BCUT2D eigenvalue weighted by Crippen LogP contribution is 2.39. The second-order valence-electron chi connectivity index (χ2n) is 6.19. The quantitative estimate of drug-likeness (QED) is 0.708. The van der Waals surface area contributed by atoms with Gasteiger partial charge in [-0.25, -0.2) is 4.39 Å². The Morgan fingerprint density at radius 1 is 1.12 bits per heavy atom. The van der Waals surface area contributed by atoms with Crippen molar-refractivity contribution in [2.24, 2.45) is 0 Å². The topological polar surface area (TPSA) is 33.1 Å². The molecule has 6 heteroatoms. The van der Waals surface area contributed by atoms with Crippen molar-refractivity contribution in [3.05, 3.63) is 84.2 Å². The van der Waals surface area contributed by atoms with E-state index >= 15 is 0 Å². The van der Waals surface area contributed by atoms with Gasteiger partial charge in [0.2, 0.25) is 0 Å². The fourth-order valence-corrected chi connectivity index (χ4v) is 3.91. The molecule has 0 spiro atoms. The van der Waals surface area contributed by atoms with Crippen LogP contribution in [0.25, 0.3) is 5.69 Å². The largest absolute Gasteiger partial charge is 0.352 e. The van der Waals surface area contributed by atoms with Crippen LogP contribution in [-0.2, 0) is 0 Å². The Morgan fingerprint density at radius 2 is 1.92 bits per heavy atom. The molecule has 3 heterocycles. The average Bonchev–Trinajstić information content (AvgIpc) is 3.27. The number of hydrogen-bond acceptors (Lipinski definition) is 2. The summed E-state index contributed by atoms with van der Waals surface area (Å²) in [5.41, 5.74) is 2.95. The van der Waals surface area contributed by atoms with Gasteiger partial charge in [-0.05, 0) is 67.7 Å². The number of nitrogens with one attached hydrogen (secondary N) is 1. The molecule has 0 aliphatic carbocycles. The Kier molecular flexibility index (Phi) is 4.42. The highest BCUT2D eigenvalue weighted by atomic mass is 32.1. The lowest BCUT2D eigenvalue weighted by molar-refractivity contribution is 0.321. The molecule has 26 heavy (non-hydrogen) atoms. The van der Waals surface area contributed by atoms with Gasteiger partial charge in [-0.2, -0.15) is 0 Å². The lowest BCUT2D eigenvalue weighted by Gasteiger charge is -2.27. The van der Waals surface area contributed by atoms with E-state index in [1.54, 1.807) is 18.3 Å². The van der Waals surface area contributed by atoms with Gasteiger partial charge in [0.25, 0.3) is 0 Å². The molecule has 1 aromatic carbocycles. The smallest absolute Gasteiger partial charge is 0.170 e. The molecular formula is C20H19FN4S. The molecule has 1 aliphatic heterocycles. The molecule has 0 unspecified atom stereocenters. The zero-order valence-electron chi connectivity index (χ0n) is 14.3. The predicted octanol–water partition coefficient (Wildman–Crippen LogP) is 4.00. The lowest BCUT2D eigenvalue weighted by atomic mass is 10.0. The second-order valence-corrected chi connectivity index (χ2v) is 6.58. The number of aromatic nitrogens is 2. The van der Waals surface area contributed by atoms with Gasteiger partial charge in [0, 0.05) is 30.3 Å². The summed E-state index contributed by atoms with van der Waals surface area (Å²) in [5.74, 6) is -0.243. The van der Waals surface area contributed by atoms with E-state index in [9.17, 15) is 4.39 Å². The van der Waals surface area contributed by atoms with Crippen LogP contribution >= 0.6 is 12.2 Å². The highest BCUT2D eigenvalue weighted by molar-refractivity contribution is 7.80. The molecule has 0 radical (unpaired) electrons. The van der Waals surface area contributed by atoms with Gasteiger partial charge in [-0.3, -0.25) is 4.98 Å². The summed E-state index contributed by atoms with van der Waals surface area (Å²) in [6.07, 6.45) is 3.79. The number of nitrogens with zero attached hydrogens (tertiary/aromatic N) is 3. The normalized spacial score (nSPS) is 19.6. The van der Waals surface area contributed by atoms with Crippen LogP contribution in [0.15, 0.2) is 67.0 Å². The molecule has 2 atom stereocenters. The van der Waals surface area contributed by atoms with E-state index in [4.69, 9.17) is 12.2 Å². The SMILES string of the molecule is CCN1C(=S)N[C@@H](c2ccccn2)[C@@H]1c1cccn1-c1ccc(F)cc1. The molecule has 2 aromatic heterocycles. The number of rotatable bonds is 4. The third-order valence-corrected chi connectivity index (χ3v) is 5.08. The van der Waals surface area contributed by atoms with Gasteiger partial charge in [0.15, 0.2) is 5.11 Å². The van der Waals surface area contributed by atoms with Crippen molar-refractivity contribution in [2.45, 2.75) is 19.0 Å². The van der Waals surface area contributed by atoms with Crippen molar-refractivity contribution in [2.75, 3.05) is 6.54 Å². The summed E-state index contributed by atoms with van der Waals surface area (Å²) in [6, 6.07) is 16.5. The van der Waals surface area contributed by atoms with Crippen LogP contribution in [-0.4, -0.2) is 26.1 Å². The van der Waals surface area contributed by atoms with Crippen molar-refractivity contribution in [1.29, 1.82) is 0 Å². The molecule has 4 nitrogen and oxygen atoms in total. The first kappa shape index (κ1) is 16.7. The van der Waals surface area contributed by atoms with Gasteiger partial charge in [-0.15, -0.1) is 0 Å². The van der Waals surface area contributed by atoms with Crippen LogP contribution in [0, 0.1) is 5.82 Å². The summed E-state index contributed by atoms with van der Waals surface area (Å²) in [7, 11) is 0. The Balaban J connectivity index is 1.80. The summed E-state index contributed by atoms with van der Waals surface area (Å²) in [4.78, 5) is 6.70. The fraction of sp³-hybridized carbons (Fsp3) is 0.200. The maximum absolute atomic E-state index is 13.3. The maximum Gasteiger partial charge on any atom is 0.170 e. The van der Waals surface area contributed by atoms with E-state index < -0.39 is 0 Å². The first-order valence-corrected chi connectivity index (χ1v) is 9.01. The summed E-state index contributed by atoms with van der Waals surface area (Å²) >= 11 is 5.57. The van der Waals surface area contributed by atoms with Crippen LogP contribution in [0.1, 0.15) is 30.4 Å². The Hall–Kier alpha value is -2.73. The molecule has 132 valence electrons. The molecule has 4 rings (SSSR count). The number of benzene rings is 1. The Bertz CT molecular complexity index is 907. The second kappa shape index (κ2) is 6.88. The van der Waals surface area contributed by atoms with Gasteiger partial charge in [0.05, 0.1) is 17.8 Å². The molecule has 0 bridgehead atoms. The third-order valence-electron chi connectivity index (χ3n) is 4.73. The van der Waals surface area contributed by atoms with E-state index in [0.717, 1.165) is 28.7 Å². The zero-order valence-corrected chi connectivity index (χ0v) is 15.2. The van der Waals surface area contributed by atoms with Crippen molar-refractivity contribution in [1.82, 2.24) is 19.8 Å². The van der Waals surface area contributed by atoms with Gasteiger partial charge in [0.1, 0.15) is 5.82 Å². The first-order chi connectivity index (χ1) is 12.7. The third kappa shape index (κ3) is 2.86. The molecule has 1 fully saturated rings. The summed E-state index contributed by atoms with van der Waals surface area (Å²) < 4.78 is 15.4. The number of pyridine rings is 1. The first-order valence-electron chi connectivity index (χ1n) is 8.60. The van der Waals surface area contributed by atoms with E-state index in [2.05, 4.69) is 32.8 Å². The number of halogens is 1. The number of thiocarbonyl (C=S) groups is 1. The van der Waals surface area contributed by atoms with Crippen molar-refractivity contribution < 1.29 is 4.39 Å². The monoisotopic (exact) mass is 366 g/mol. The minimum absolute atomic E-state index is 0.00227. The van der Waals surface area contributed by atoms with Crippen molar-refractivity contribution in [3.8, 4) is 5.69 Å². The number of likely N-dealkylation sites (N-methyl/N-ethyl adjacent to an activating group) is 1. The zero-order chi connectivity index (χ0) is 18.1. The summed E-state index contributed by atoms with van der Waals surface area (Å²) in [5, 5.41) is 4.14. The minimum Gasteiger partial charge on any atom is -0.352 e. The van der Waals surface area contributed by atoms with E-state index in [1.165, 1.54) is 12.1 Å². The molecule has 1 aliphatic rings. The van der Waals surface area contributed by atoms with Crippen LogP contribution in [0.2, 0.25) is 0 Å². The standard InChI is InChI=1S/C20H19FN4S/c1-2-24-19(18(23-20(24)26)16-6-3-4-12-22-16)17-7-5-13-25(17)15-10-8-14(21)9-11-15/h3-13,18-19H,2H2,1H3,(H,23,26)/t18-,19-/m0/s1. The van der Waals surface area contributed by atoms with Gasteiger partial charge >= 0.3 is 0 Å². The minimum atomic E-state index is -0.243. The predicted molar refractivity (Wildman–Crippen MR) is 104 cm³/mol. The Labute approximate surface area is 157 Å². The van der Waals surface area contributed by atoms with Crippen LogP contribution < -0.4 is 5.32 Å². The van der Waals surface area contributed by atoms with E-state index in [0.29, 0.717) is 0 Å². The molecule has 0 amide bonds. The van der Waals surface area contributed by atoms with Crippen molar-refractivity contribution >= 4 is 17.3 Å². The lowest BCUT2D eigenvalue weighted by Crippen LogP contribution is -2.30. The highest BCUT2D eigenvalue weighted by Gasteiger charge is 2.40. The van der Waals surface area contributed by atoms with E-state index in [-0.39, 0.29) is 17.9 Å². The van der Waals surface area contributed by atoms with Crippen LogP contribution in [0.3, 0.4) is 0 Å². The summed E-state index contributed by atoms with van der Waals surface area (Å²) in [6.45, 7) is 2.88. The fourth-order valence-electron chi connectivity index (χ4n) is 3.54. The maximum atomic E-state index is 13.3. The number of hydrogen-bond donors (Lipinski definition) is 1. The average molecular weight is 366 g/mol. The van der Waals surface area contributed by atoms with Gasteiger partial charge < -0.3 is 14.8 Å². The van der Waals surface area contributed by atoms with Crippen LogP contribution in [0.4, 0.5) is 4.39 Å². The molecule has 3 aromatic rings. The Morgan fingerprint density at radius 3 is 2.62 bits per heavy atom. The van der Waals surface area contributed by atoms with E-state index in [1.807, 2.05) is 30.5 Å². The molecule has 0 saturated carbocycles.